The minimum atomic E-state index is -1.53. The maximum absolute atomic E-state index is 12.6. The molecule has 10 unspecified atom stereocenters. The molecular formula is C37H60N4O16. The number of aliphatic hydroxyl groups is 8. The van der Waals surface area contributed by atoms with Crippen LogP contribution >= 0.6 is 0 Å². The van der Waals surface area contributed by atoms with E-state index in [0.717, 1.165) is 0 Å². The van der Waals surface area contributed by atoms with E-state index in [1.807, 2.05) is 0 Å². The topological polar surface area (TPSA) is 296 Å². The molecule has 0 aromatic rings. The Morgan fingerprint density at radius 2 is 0.807 bits per heavy atom. The second kappa shape index (κ2) is 17.8. The molecule has 20 heteroatoms. The van der Waals surface area contributed by atoms with Crippen LogP contribution in [0.25, 0.3) is 0 Å². The lowest BCUT2D eigenvalue weighted by Crippen LogP contribution is -2.62. The van der Waals surface area contributed by atoms with Crippen molar-refractivity contribution in [3.05, 3.63) is 0 Å². The number of ether oxygens (including phenoxy) is 2. The van der Waals surface area contributed by atoms with Crippen LogP contribution in [0.5, 0.6) is 0 Å². The van der Waals surface area contributed by atoms with E-state index in [2.05, 4.69) is 0 Å². The maximum atomic E-state index is 12.6. The molecule has 4 heterocycles. The first-order valence-corrected chi connectivity index (χ1v) is 19.3. The highest BCUT2D eigenvalue weighted by Crippen LogP contribution is 2.44. The third-order valence-corrected chi connectivity index (χ3v) is 12.9. The second-order valence-corrected chi connectivity index (χ2v) is 16.1. The van der Waals surface area contributed by atoms with Gasteiger partial charge in [-0.2, -0.15) is 0 Å². The van der Waals surface area contributed by atoms with Crippen molar-refractivity contribution in [1.29, 1.82) is 0 Å². The maximum Gasteiger partial charge on any atom is 0.410 e. The first-order chi connectivity index (χ1) is 26.2. The number of rotatable bonds is 4. The number of likely N-dealkylation sites (tertiary alicyclic amines) is 4. The van der Waals surface area contributed by atoms with Gasteiger partial charge in [-0.15, -0.1) is 0 Å². The molecular weight excluding hydrogens is 756 g/mol. The summed E-state index contributed by atoms with van der Waals surface area (Å²) in [4.78, 5) is 79.3. The lowest BCUT2D eigenvalue weighted by molar-refractivity contribution is -0.202. The third kappa shape index (κ3) is 8.37. The number of imide groups is 2. The molecule has 20 nitrogen and oxygen atoms in total. The Morgan fingerprint density at radius 1 is 0.544 bits per heavy atom. The summed E-state index contributed by atoms with van der Waals surface area (Å²) in [6.45, 7) is 7.85. The number of aliphatic hydroxyl groups excluding tert-OH is 8. The van der Waals surface area contributed by atoms with Crippen LogP contribution in [0.2, 0.25) is 0 Å². The summed E-state index contributed by atoms with van der Waals surface area (Å²) >= 11 is 0. The Hall–Kier alpha value is -3.50. The number of hydrogen-bond acceptors (Lipinski definition) is 16. The molecule has 0 radical (unpaired) electrons. The zero-order valence-electron chi connectivity index (χ0n) is 32.0. The van der Waals surface area contributed by atoms with Gasteiger partial charge in [0.15, 0.2) is 12.2 Å². The summed E-state index contributed by atoms with van der Waals surface area (Å²) in [6, 6.07) is 0. The minimum Gasteiger partial charge on any atom is -0.440 e. The van der Waals surface area contributed by atoms with Gasteiger partial charge in [-0.3, -0.25) is 29.0 Å². The average molecular weight is 817 g/mol. The van der Waals surface area contributed by atoms with E-state index < -0.39 is 95.9 Å². The highest BCUT2D eigenvalue weighted by molar-refractivity contribution is 6.06. The highest BCUT2D eigenvalue weighted by atomic mass is 16.6. The molecule has 6 rings (SSSR count). The molecule has 6 aliphatic rings. The van der Waals surface area contributed by atoms with E-state index in [0.29, 0.717) is 38.8 Å². The van der Waals surface area contributed by atoms with Gasteiger partial charge in [-0.25, -0.2) is 9.59 Å². The Bertz CT molecular complexity index is 1370. The molecule has 4 saturated heterocycles. The van der Waals surface area contributed by atoms with Crippen LogP contribution in [0.3, 0.4) is 0 Å². The number of nitrogens with zero attached hydrogens (tertiary/aromatic N) is 4. The van der Waals surface area contributed by atoms with Crippen LogP contribution < -0.4 is 0 Å². The van der Waals surface area contributed by atoms with Crippen molar-refractivity contribution in [2.45, 2.75) is 135 Å². The van der Waals surface area contributed by atoms with Crippen molar-refractivity contribution in [2.24, 2.45) is 22.7 Å². The first kappa shape index (κ1) is 46.2. The number of carbonyl (C=O) groups excluding carboxylic acids is 6. The summed E-state index contributed by atoms with van der Waals surface area (Å²) < 4.78 is 10.4. The highest BCUT2D eigenvalue weighted by Gasteiger charge is 2.55. The third-order valence-electron chi connectivity index (χ3n) is 12.9. The van der Waals surface area contributed by atoms with E-state index in [1.165, 1.54) is 33.4 Å². The standard InChI is InChI=1S/2C18H28N2O8.CH4/c2*1-3-20-10(21)8-18(16(20)26)4-6-19(7-5-18)17(27)28-15-13(24)11(22)9(2)12(23)14(15)25;/h2*9,11-15,22-25H,3-8H2,1-2H3;1H4/t2*9?,11?,12?,13-,14?,15?;/m11./s1. The summed E-state index contributed by atoms with van der Waals surface area (Å²) in [5.74, 6) is -2.36. The molecule has 324 valence electrons. The summed E-state index contributed by atoms with van der Waals surface area (Å²) in [6.07, 6.45) is -14.5. The van der Waals surface area contributed by atoms with Crippen LogP contribution in [0.1, 0.15) is 73.6 Å². The zero-order chi connectivity index (χ0) is 41.6. The lowest BCUT2D eigenvalue weighted by Gasteiger charge is -2.43. The number of hydrogen-bond donors (Lipinski definition) is 8. The predicted molar refractivity (Wildman–Crippen MR) is 194 cm³/mol. The Kier molecular flexibility index (Phi) is 14.4. The predicted octanol–water partition coefficient (Wildman–Crippen LogP) is -2.47. The van der Waals surface area contributed by atoms with Gasteiger partial charge in [-0.05, 0) is 39.5 Å². The Balaban J connectivity index is 0.000000248. The van der Waals surface area contributed by atoms with Gasteiger partial charge >= 0.3 is 12.2 Å². The number of piperidine rings is 2. The molecule has 12 atom stereocenters. The van der Waals surface area contributed by atoms with Crippen LogP contribution in [0.15, 0.2) is 0 Å². The SMILES string of the molecule is C.CCN1C(=O)CC2(CCN(C(=O)OC3C(O)C(O)C(C)C(O)[C@H]3O)CC2)C1=O.CCN1C(=O)CC2(CCN(C(=O)OC3C(O)C(O)C(C)C(O)[C@H]3O)CC2)C1=O. The van der Waals surface area contributed by atoms with Gasteiger partial charge in [0.1, 0.15) is 24.4 Å². The van der Waals surface area contributed by atoms with Gasteiger partial charge in [0, 0.05) is 63.9 Å². The molecule has 2 aliphatic carbocycles. The van der Waals surface area contributed by atoms with Gasteiger partial charge < -0.3 is 60.1 Å². The number of amides is 6. The molecule has 0 bridgehead atoms. The van der Waals surface area contributed by atoms with Crippen LogP contribution in [-0.2, 0) is 28.7 Å². The molecule has 8 N–H and O–H groups in total. The van der Waals surface area contributed by atoms with Gasteiger partial charge in [-0.1, -0.05) is 21.3 Å². The van der Waals surface area contributed by atoms with E-state index >= 15 is 0 Å². The second-order valence-electron chi connectivity index (χ2n) is 16.1. The fourth-order valence-electron chi connectivity index (χ4n) is 8.87. The van der Waals surface area contributed by atoms with E-state index in [4.69, 9.17) is 9.47 Å². The van der Waals surface area contributed by atoms with E-state index in [1.54, 1.807) is 13.8 Å². The fraction of sp³-hybridized carbons (Fsp3) is 0.838. The van der Waals surface area contributed by atoms with Crippen molar-refractivity contribution in [3.8, 4) is 0 Å². The largest absolute Gasteiger partial charge is 0.440 e. The van der Waals surface area contributed by atoms with Crippen molar-refractivity contribution in [3.63, 3.8) is 0 Å². The van der Waals surface area contributed by atoms with Crippen molar-refractivity contribution in [1.82, 2.24) is 19.6 Å². The summed E-state index contributed by atoms with van der Waals surface area (Å²) in [7, 11) is 0. The molecule has 4 aliphatic heterocycles. The Labute approximate surface area is 330 Å². The normalized spacial score (nSPS) is 37.5. The smallest absolute Gasteiger partial charge is 0.410 e. The van der Waals surface area contributed by atoms with Crippen molar-refractivity contribution < 1.29 is 79.1 Å². The van der Waals surface area contributed by atoms with Gasteiger partial charge in [0.2, 0.25) is 23.6 Å². The zero-order valence-corrected chi connectivity index (χ0v) is 32.0. The Morgan fingerprint density at radius 3 is 1.04 bits per heavy atom. The molecule has 0 aromatic carbocycles. The van der Waals surface area contributed by atoms with E-state index in [9.17, 15) is 69.6 Å². The molecule has 6 amide bonds. The quantitative estimate of drug-likeness (QED) is 0.136. The average Bonchev–Trinajstić information content (AvgIpc) is 3.56. The molecule has 2 spiro atoms. The van der Waals surface area contributed by atoms with Crippen LogP contribution in [0, 0.1) is 22.7 Å². The summed E-state index contributed by atoms with van der Waals surface area (Å²) in [5.41, 5.74) is -1.56. The van der Waals surface area contributed by atoms with Gasteiger partial charge in [0.05, 0.1) is 35.2 Å². The van der Waals surface area contributed by atoms with Crippen LogP contribution in [-0.4, -0.2) is 197 Å². The first-order valence-electron chi connectivity index (χ1n) is 19.3. The van der Waals surface area contributed by atoms with Crippen molar-refractivity contribution >= 4 is 35.8 Å². The molecule has 2 saturated carbocycles. The number of carbonyl (C=O) groups is 6. The molecule has 0 aromatic heterocycles. The molecule has 6 fully saturated rings. The van der Waals surface area contributed by atoms with E-state index in [-0.39, 0.29) is 70.1 Å². The minimum absolute atomic E-state index is 0. The van der Waals surface area contributed by atoms with Gasteiger partial charge in [0.25, 0.3) is 0 Å². The summed E-state index contributed by atoms with van der Waals surface area (Å²) in [5, 5.41) is 80.4. The van der Waals surface area contributed by atoms with Crippen LogP contribution in [0.4, 0.5) is 9.59 Å². The van der Waals surface area contributed by atoms with Crippen molar-refractivity contribution in [2.75, 3.05) is 39.3 Å². The fourth-order valence-corrected chi connectivity index (χ4v) is 8.87. The lowest BCUT2D eigenvalue weighted by atomic mass is 9.77. The monoisotopic (exact) mass is 816 g/mol. The molecule has 57 heavy (non-hydrogen) atoms.